The number of nitrogens with one attached hydrogen (secondary N) is 2. The van der Waals surface area contributed by atoms with E-state index in [0.29, 0.717) is 62.2 Å². The lowest BCUT2D eigenvalue weighted by molar-refractivity contribution is 0.0488. The molecule has 384 valence electrons. The molecule has 0 atom stereocenters. The normalized spacial score (nSPS) is 21.2. The number of hydrogen-bond donors (Lipinski definition) is 6. The fraction of sp³-hybridized carbons (Fsp3) is 0.535. The van der Waals surface area contributed by atoms with Crippen LogP contribution in [0.1, 0.15) is 131 Å². The summed E-state index contributed by atoms with van der Waals surface area (Å²) in [4.78, 5) is 65.9. The summed E-state index contributed by atoms with van der Waals surface area (Å²) in [5.74, 6) is 0.815. The third-order valence-corrected chi connectivity index (χ3v) is 13.9. The first-order chi connectivity index (χ1) is 32.9. The third-order valence-electron chi connectivity index (χ3n) is 12.4. The molecule has 10 rings (SSSR count). The number of halogens is 5. The van der Waals surface area contributed by atoms with Gasteiger partial charge in [0.1, 0.15) is 22.2 Å². The van der Waals surface area contributed by atoms with E-state index >= 15 is 0 Å². The fourth-order valence-corrected chi connectivity index (χ4v) is 10.3. The molecule has 0 aromatic carbocycles. The van der Waals surface area contributed by atoms with E-state index in [4.69, 9.17) is 62.5 Å². The molecule has 3 saturated carbocycles. The lowest BCUT2D eigenvalue weighted by atomic mass is 9.91. The number of thiazole rings is 1. The number of carbonyl (C=O) groups excluding carboxylic acids is 2. The summed E-state index contributed by atoms with van der Waals surface area (Å²) in [6.45, 7) is 7.45. The first kappa shape index (κ1) is 55.1. The van der Waals surface area contributed by atoms with Crippen LogP contribution >= 0.6 is 71.0 Å². The van der Waals surface area contributed by atoms with E-state index in [9.17, 15) is 9.59 Å². The Morgan fingerprint density at radius 3 is 1.32 bits per heavy atom. The van der Waals surface area contributed by atoms with Gasteiger partial charge in [-0.3, -0.25) is 4.79 Å². The molecule has 3 fully saturated rings. The van der Waals surface area contributed by atoms with Gasteiger partial charge in [-0.15, -0.1) is 36.2 Å². The fourth-order valence-electron chi connectivity index (χ4n) is 9.09. The molecule has 0 saturated heterocycles. The number of nitrogens with zero attached hydrogens (tertiary/aromatic N) is 13. The van der Waals surface area contributed by atoms with Gasteiger partial charge >= 0.3 is 6.09 Å². The van der Waals surface area contributed by atoms with E-state index in [1.54, 1.807) is 19.0 Å². The van der Waals surface area contributed by atoms with Gasteiger partial charge in [-0.1, -0.05) is 0 Å². The topological polar surface area (TPSA) is 315 Å². The number of aryl methyl sites for hydroxylation is 1. The maximum absolute atomic E-state index is 12.3. The Labute approximate surface area is 440 Å². The Kier molecular flexibility index (Phi) is 18.3. The van der Waals surface area contributed by atoms with Crippen LogP contribution in [0.5, 0.6) is 0 Å². The molecule has 71 heavy (non-hydrogen) atoms. The Morgan fingerprint density at radius 1 is 0.606 bits per heavy atom. The van der Waals surface area contributed by atoms with Crippen molar-refractivity contribution >= 4 is 134 Å². The van der Waals surface area contributed by atoms with Gasteiger partial charge in [-0.25, -0.2) is 24.7 Å². The summed E-state index contributed by atoms with van der Waals surface area (Å²) in [5, 5.41) is 8.84. The largest absolute Gasteiger partial charge is 0.444 e. The number of anilines is 3. The minimum absolute atomic E-state index is 0. The Hall–Kier alpha value is -5.17. The van der Waals surface area contributed by atoms with Crippen molar-refractivity contribution in [3.63, 3.8) is 0 Å². The number of nitrogen functional groups attached to an aromatic ring is 3. The van der Waals surface area contributed by atoms with Gasteiger partial charge in [0, 0.05) is 47.3 Å². The van der Waals surface area contributed by atoms with Gasteiger partial charge in [0.15, 0.2) is 39.4 Å². The van der Waals surface area contributed by atoms with Crippen LogP contribution in [0, 0.1) is 6.92 Å². The molecule has 7 aromatic rings. The second kappa shape index (κ2) is 23.6. The van der Waals surface area contributed by atoms with E-state index in [2.05, 4.69) is 60.5 Å². The van der Waals surface area contributed by atoms with Gasteiger partial charge in [0.25, 0.3) is 5.91 Å². The molecule has 7 aromatic heterocycles. The van der Waals surface area contributed by atoms with Crippen LogP contribution in [0.3, 0.4) is 0 Å². The summed E-state index contributed by atoms with van der Waals surface area (Å²) in [5.41, 5.74) is 27.6. The SMILES string of the molecule is CC(C)(C)OC(=O)NC1CCC(n2cnc3c(N)nc(Cl)nc32)CC1.Cc1csc(C(=O)NC2CCC(n3cnc4c(N)nc(Cl)nc43)CC2)n1.Cl.Cl.Nc1nc(Cl)nc2c1ncn2C1CCC(N)CC1. The number of ether oxygens (including phenoxy) is 1. The molecular weight excluding hydrogens is 1040 g/mol. The third kappa shape index (κ3) is 13.5. The Balaban J connectivity index is 0.000000175. The quantitative estimate of drug-likeness (QED) is 0.0855. The predicted molar refractivity (Wildman–Crippen MR) is 280 cm³/mol. The van der Waals surface area contributed by atoms with Crippen molar-refractivity contribution in [3.8, 4) is 0 Å². The number of carbonyl (C=O) groups is 2. The van der Waals surface area contributed by atoms with Gasteiger partial charge in [-0.2, -0.15) is 29.9 Å². The number of aromatic nitrogens is 13. The van der Waals surface area contributed by atoms with Crippen molar-refractivity contribution < 1.29 is 14.3 Å². The number of alkyl carbamates (subject to hydrolysis) is 1. The second-order valence-corrected chi connectivity index (χ2v) is 20.5. The number of imidazole rings is 3. The highest BCUT2D eigenvalue weighted by molar-refractivity contribution is 7.11. The Bertz CT molecular complexity index is 2940. The molecule has 0 radical (unpaired) electrons. The summed E-state index contributed by atoms with van der Waals surface area (Å²) in [7, 11) is 0. The van der Waals surface area contributed by atoms with Crippen molar-refractivity contribution in [2.24, 2.45) is 5.73 Å². The highest BCUT2D eigenvalue weighted by atomic mass is 35.5. The zero-order valence-electron chi connectivity index (χ0n) is 39.5. The van der Waals surface area contributed by atoms with Crippen molar-refractivity contribution in [1.82, 2.24) is 74.2 Å². The first-order valence-corrected chi connectivity index (χ1v) is 24.8. The van der Waals surface area contributed by atoms with E-state index in [1.807, 2.05) is 46.8 Å². The number of amides is 2. The highest BCUT2D eigenvalue weighted by Crippen LogP contribution is 2.34. The van der Waals surface area contributed by atoms with Crippen molar-refractivity contribution in [2.75, 3.05) is 17.2 Å². The van der Waals surface area contributed by atoms with Crippen LogP contribution in [-0.2, 0) is 4.74 Å². The molecular formula is C43H58Cl5N19O3S. The average Bonchev–Trinajstić information content (AvgIpc) is 4.11. The molecule has 7 heterocycles. The van der Waals surface area contributed by atoms with Crippen LogP contribution in [0.2, 0.25) is 15.9 Å². The predicted octanol–water partition coefficient (Wildman–Crippen LogP) is 8.16. The van der Waals surface area contributed by atoms with Gasteiger partial charge in [-0.05, 0) is 140 Å². The molecule has 0 aliphatic heterocycles. The maximum Gasteiger partial charge on any atom is 0.407 e. The van der Waals surface area contributed by atoms with E-state index < -0.39 is 5.60 Å². The van der Waals surface area contributed by atoms with Crippen LogP contribution < -0.4 is 33.6 Å². The van der Waals surface area contributed by atoms with E-state index in [-0.39, 0.29) is 82.7 Å². The van der Waals surface area contributed by atoms with Crippen molar-refractivity contribution in [2.45, 2.75) is 147 Å². The zero-order chi connectivity index (χ0) is 49.1. The smallest absolute Gasteiger partial charge is 0.407 e. The number of rotatable bonds is 6. The molecule has 10 N–H and O–H groups in total. The number of hydrogen-bond acceptors (Lipinski definition) is 18. The summed E-state index contributed by atoms with van der Waals surface area (Å²) in [6, 6.07) is 1.46. The maximum atomic E-state index is 12.3. The number of fused-ring (bicyclic) bond motifs is 3. The molecule has 28 heteroatoms. The monoisotopic (exact) mass is 1100 g/mol. The average molecular weight is 1100 g/mol. The molecule has 0 unspecified atom stereocenters. The van der Waals surface area contributed by atoms with E-state index in [0.717, 1.165) is 82.7 Å². The number of nitrogens with two attached hydrogens (primary N) is 4. The summed E-state index contributed by atoms with van der Waals surface area (Å²) < 4.78 is 11.4. The molecule has 3 aliphatic rings. The van der Waals surface area contributed by atoms with Crippen LogP contribution in [0.15, 0.2) is 24.4 Å². The second-order valence-electron chi connectivity index (χ2n) is 18.6. The highest BCUT2D eigenvalue weighted by Gasteiger charge is 2.29. The molecule has 0 spiro atoms. The molecule has 0 bridgehead atoms. The zero-order valence-corrected chi connectivity index (χ0v) is 44.2. The van der Waals surface area contributed by atoms with Gasteiger partial charge in [0.05, 0.1) is 19.0 Å². The lowest BCUT2D eigenvalue weighted by Gasteiger charge is -2.30. The van der Waals surface area contributed by atoms with Crippen LogP contribution in [0.4, 0.5) is 22.2 Å². The van der Waals surface area contributed by atoms with Gasteiger partial charge in [0.2, 0.25) is 15.9 Å². The van der Waals surface area contributed by atoms with E-state index in [1.165, 1.54) is 11.3 Å². The lowest BCUT2D eigenvalue weighted by Crippen LogP contribution is -2.41. The minimum atomic E-state index is -0.490. The van der Waals surface area contributed by atoms with Crippen LogP contribution in [-0.4, -0.2) is 99.3 Å². The minimum Gasteiger partial charge on any atom is -0.444 e. The first-order valence-electron chi connectivity index (χ1n) is 22.8. The standard InChI is InChI=1S/C16H18ClN7OS.C16H23ClN6O2.C11H15ClN6.2ClH/c1-8-6-26-15(20-8)14(25)21-9-2-4-10(5-3-9)24-7-19-11-12(18)22-16(17)23-13(11)24;1-16(2,3)25-15(24)20-9-4-6-10(7-5-9)23-8-19-11-12(18)21-14(17)22-13(11)23;12-11-16-9(14)8-10(17-11)18(5-15-8)7-3-1-6(13)2-4-7;;/h6-7,9-10H,2-5H2,1H3,(H,21,25)(H2,18,22,23);8-10H,4-7H2,1-3H3,(H,20,24)(H2,18,21,22);5-7H,1-4,13H2,(H2,14,16,17);2*1H. The summed E-state index contributed by atoms with van der Waals surface area (Å²) in [6.07, 6.45) is 16.1. The molecule has 3 aliphatic carbocycles. The van der Waals surface area contributed by atoms with Crippen molar-refractivity contribution in [1.29, 1.82) is 0 Å². The molecule has 22 nitrogen and oxygen atoms in total. The summed E-state index contributed by atoms with van der Waals surface area (Å²) >= 11 is 19.1. The molecule has 2 amide bonds. The van der Waals surface area contributed by atoms with Gasteiger partial charge < -0.3 is 52.0 Å². The Morgan fingerprint density at radius 2 is 0.972 bits per heavy atom. The van der Waals surface area contributed by atoms with Crippen LogP contribution in [0.25, 0.3) is 33.5 Å². The van der Waals surface area contributed by atoms with Crippen molar-refractivity contribution in [3.05, 3.63) is 50.9 Å².